The van der Waals surface area contributed by atoms with Gasteiger partial charge >= 0.3 is 0 Å². The summed E-state index contributed by atoms with van der Waals surface area (Å²) in [5, 5.41) is 16.2. The first kappa shape index (κ1) is 29.4. The Morgan fingerprint density at radius 2 is 1.77 bits per heavy atom. The Morgan fingerprint density at radius 1 is 1.08 bits per heavy atom. The molecule has 13 heteroatoms. The Kier molecular flexibility index (Phi) is 9.85. The minimum atomic E-state index is -4.11. The van der Waals surface area contributed by atoms with Gasteiger partial charge in [-0.05, 0) is 80.9 Å². The number of ether oxygens (including phenoxy) is 1. The van der Waals surface area contributed by atoms with Crippen LogP contribution in [0.4, 0.5) is 17.1 Å². The molecule has 0 radical (unpaired) electrons. The third-order valence-corrected chi connectivity index (χ3v) is 7.26. The molecule has 0 aliphatic carbocycles. The highest BCUT2D eigenvalue weighted by atomic mass is 35.5. The lowest BCUT2D eigenvalue weighted by molar-refractivity contribution is -0.384. The topological polar surface area (TPSA) is 143 Å². The highest BCUT2D eigenvalue weighted by molar-refractivity contribution is 7.92. The lowest BCUT2D eigenvalue weighted by atomic mass is 10.1. The molecule has 0 bridgehead atoms. The smallest absolute Gasteiger partial charge is 0.295 e. The molecule has 0 unspecified atom stereocenters. The Bertz CT molecular complexity index is 1470. The van der Waals surface area contributed by atoms with Crippen molar-refractivity contribution in [2.45, 2.75) is 25.7 Å². The quantitative estimate of drug-likeness (QED) is 0.174. The van der Waals surface area contributed by atoms with Crippen molar-refractivity contribution in [3.05, 3.63) is 87.4 Å². The van der Waals surface area contributed by atoms with E-state index in [-0.39, 0.29) is 28.8 Å². The number of nitrogens with one attached hydrogen (secondary N) is 2. The minimum absolute atomic E-state index is 0.0101. The molecule has 1 amide bonds. The summed E-state index contributed by atoms with van der Waals surface area (Å²) in [6.45, 7) is 6.65. The van der Waals surface area contributed by atoms with E-state index >= 15 is 0 Å². The fraction of sp³-hybridized carbons (Fsp3) is 0.231. The van der Waals surface area contributed by atoms with E-state index in [4.69, 9.17) is 16.3 Å². The Balaban J connectivity index is 1.72. The number of nitro benzene ring substituents is 1. The van der Waals surface area contributed by atoms with Crippen LogP contribution in [0.15, 0.2) is 76.7 Å². The van der Waals surface area contributed by atoms with Crippen LogP contribution in [0.3, 0.4) is 0 Å². The fourth-order valence-electron chi connectivity index (χ4n) is 3.50. The van der Waals surface area contributed by atoms with Gasteiger partial charge in [0.25, 0.3) is 21.6 Å². The van der Waals surface area contributed by atoms with E-state index in [1.165, 1.54) is 24.3 Å². The highest BCUT2D eigenvalue weighted by Crippen LogP contribution is 2.29. The number of sulfonamides is 1. The summed E-state index contributed by atoms with van der Waals surface area (Å²) in [5.41, 5.74) is 3.62. The fourth-order valence-corrected chi connectivity index (χ4v) is 4.76. The van der Waals surface area contributed by atoms with E-state index in [1.807, 2.05) is 13.8 Å². The number of halogens is 1. The van der Waals surface area contributed by atoms with Crippen LogP contribution in [0.2, 0.25) is 5.02 Å². The number of nitrogens with zero attached hydrogens (tertiary/aromatic N) is 3. The summed E-state index contributed by atoms with van der Waals surface area (Å²) >= 11 is 5.90. The van der Waals surface area contributed by atoms with E-state index in [0.717, 1.165) is 6.07 Å². The molecule has 3 aromatic rings. The second-order valence-electron chi connectivity index (χ2n) is 8.24. The first-order chi connectivity index (χ1) is 18.5. The van der Waals surface area contributed by atoms with Crippen molar-refractivity contribution in [3.63, 3.8) is 0 Å². The number of carbonyl (C=O) groups excluding carboxylic acids is 1. The maximum absolute atomic E-state index is 12.8. The molecule has 0 atom stereocenters. The monoisotopic (exact) mass is 573 g/mol. The standard InChI is InChI=1S/C26H28ClN5O6S/c1-4-31(5-2)26(33)17-38-22-11-9-19(10-12-22)18(3)28-29-24-14-13-23(16-25(24)32(34)35)39(36,37)30-21-8-6-7-20(27)15-21/h6-16,29-30H,4-5,17H2,1-3H3/b28-18-. The van der Waals surface area contributed by atoms with Crippen LogP contribution in [0, 0.1) is 10.1 Å². The molecular formula is C26H28ClN5O6S. The van der Waals surface area contributed by atoms with Crippen molar-refractivity contribution in [1.82, 2.24) is 4.90 Å². The summed E-state index contributed by atoms with van der Waals surface area (Å²) < 4.78 is 33.4. The molecule has 0 aromatic heterocycles. The van der Waals surface area contributed by atoms with Crippen LogP contribution in [0.1, 0.15) is 26.3 Å². The van der Waals surface area contributed by atoms with Gasteiger partial charge in [0, 0.05) is 24.2 Å². The van der Waals surface area contributed by atoms with Crippen LogP contribution < -0.4 is 14.9 Å². The van der Waals surface area contributed by atoms with Crippen LogP contribution in [-0.4, -0.2) is 49.6 Å². The minimum Gasteiger partial charge on any atom is -0.484 e. The molecule has 206 valence electrons. The van der Waals surface area contributed by atoms with Crippen molar-refractivity contribution in [2.75, 3.05) is 29.8 Å². The summed E-state index contributed by atoms with van der Waals surface area (Å²) in [4.78, 5) is 24.5. The van der Waals surface area contributed by atoms with Crippen LogP contribution >= 0.6 is 11.6 Å². The third kappa shape index (κ3) is 7.91. The van der Waals surface area contributed by atoms with Crippen molar-refractivity contribution in [1.29, 1.82) is 0 Å². The van der Waals surface area contributed by atoms with Gasteiger partial charge in [0.1, 0.15) is 11.4 Å². The van der Waals surface area contributed by atoms with Gasteiger partial charge in [-0.3, -0.25) is 25.1 Å². The number of benzene rings is 3. The molecule has 39 heavy (non-hydrogen) atoms. The van der Waals surface area contributed by atoms with Gasteiger partial charge < -0.3 is 9.64 Å². The molecule has 0 saturated heterocycles. The Morgan fingerprint density at radius 3 is 2.38 bits per heavy atom. The molecule has 0 saturated carbocycles. The van der Waals surface area contributed by atoms with E-state index in [2.05, 4.69) is 15.2 Å². The summed E-state index contributed by atoms with van der Waals surface area (Å²) in [7, 11) is -4.11. The predicted octanol–water partition coefficient (Wildman–Crippen LogP) is 5.13. The SMILES string of the molecule is CCN(CC)C(=O)COc1ccc(/C(C)=N\Nc2ccc(S(=O)(=O)Nc3cccc(Cl)c3)cc2[N+](=O)[O-])cc1. The summed E-state index contributed by atoms with van der Waals surface area (Å²) in [6, 6.07) is 16.4. The summed E-state index contributed by atoms with van der Waals surface area (Å²) in [6.07, 6.45) is 0. The molecule has 0 aliphatic rings. The zero-order valence-corrected chi connectivity index (χ0v) is 23.1. The van der Waals surface area contributed by atoms with Gasteiger partial charge in [0.2, 0.25) is 0 Å². The van der Waals surface area contributed by atoms with Gasteiger partial charge in [-0.1, -0.05) is 17.7 Å². The number of carbonyl (C=O) groups is 1. The van der Waals surface area contributed by atoms with Crippen LogP contribution in [0.25, 0.3) is 0 Å². The van der Waals surface area contributed by atoms with E-state index in [0.29, 0.717) is 35.1 Å². The second-order valence-corrected chi connectivity index (χ2v) is 10.4. The van der Waals surface area contributed by atoms with Gasteiger partial charge in [-0.25, -0.2) is 8.42 Å². The molecular weight excluding hydrogens is 546 g/mol. The van der Waals surface area contributed by atoms with E-state index < -0.39 is 20.6 Å². The number of rotatable bonds is 12. The van der Waals surface area contributed by atoms with Gasteiger partial charge in [-0.2, -0.15) is 5.10 Å². The van der Waals surface area contributed by atoms with Crippen molar-refractivity contribution in [3.8, 4) is 5.75 Å². The van der Waals surface area contributed by atoms with Gasteiger partial charge in [-0.15, -0.1) is 0 Å². The maximum Gasteiger partial charge on any atom is 0.295 e. The van der Waals surface area contributed by atoms with Crippen molar-refractivity contribution >= 4 is 50.3 Å². The van der Waals surface area contributed by atoms with Gasteiger partial charge in [0.05, 0.1) is 21.2 Å². The molecule has 0 heterocycles. The Hall–Kier alpha value is -4.16. The summed E-state index contributed by atoms with van der Waals surface area (Å²) in [5.74, 6) is 0.408. The lowest BCUT2D eigenvalue weighted by Crippen LogP contribution is -2.34. The predicted molar refractivity (Wildman–Crippen MR) is 151 cm³/mol. The van der Waals surface area contributed by atoms with Crippen molar-refractivity contribution < 1.29 is 22.9 Å². The zero-order valence-electron chi connectivity index (χ0n) is 21.5. The molecule has 11 nitrogen and oxygen atoms in total. The lowest BCUT2D eigenvalue weighted by Gasteiger charge is -2.18. The first-order valence-electron chi connectivity index (χ1n) is 11.9. The highest BCUT2D eigenvalue weighted by Gasteiger charge is 2.22. The zero-order chi connectivity index (χ0) is 28.6. The molecule has 0 spiro atoms. The number of hydrazone groups is 1. The average Bonchev–Trinajstić information content (AvgIpc) is 2.91. The number of hydrogen-bond acceptors (Lipinski definition) is 8. The van der Waals surface area contributed by atoms with E-state index in [1.54, 1.807) is 48.2 Å². The second kappa shape index (κ2) is 13.1. The largest absolute Gasteiger partial charge is 0.484 e. The average molecular weight is 574 g/mol. The molecule has 0 fully saturated rings. The number of hydrogen-bond donors (Lipinski definition) is 2. The third-order valence-electron chi connectivity index (χ3n) is 5.65. The number of anilines is 2. The van der Waals surface area contributed by atoms with Crippen LogP contribution in [0.5, 0.6) is 5.75 Å². The number of likely N-dealkylation sites (N-methyl/N-ethyl adjacent to an activating group) is 1. The molecule has 3 aromatic carbocycles. The molecule has 0 aliphatic heterocycles. The van der Waals surface area contributed by atoms with Crippen molar-refractivity contribution in [2.24, 2.45) is 5.10 Å². The van der Waals surface area contributed by atoms with E-state index in [9.17, 15) is 23.3 Å². The number of nitro groups is 1. The maximum atomic E-state index is 12.8. The molecule has 3 rings (SSSR count). The molecule has 2 N–H and O–H groups in total. The number of amides is 1. The van der Waals surface area contributed by atoms with Gasteiger partial charge in [0.15, 0.2) is 6.61 Å². The Labute approximate surface area is 231 Å². The first-order valence-corrected chi connectivity index (χ1v) is 13.8. The normalized spacial score (nSPS) is 11.5. The van der Waals surface area contributed by atoms with Crippen LogP contribution in [-0.2, 0) is 14.8 Å².